The second-order valence-electron chi connectivity index (χ2n) is 10.4. The first kappa shape index (κ1) is 25.1. The van der Waals surface area contributed by atoms with E-state index in [0.717, 1.165) is 42.6 Å². The van der Waals surface area contributed by atoms with Gasteiger partial charge in [-0.2, -0.15) is 0 Å². The number of aromatic nitrogens is 2. The average molecular weight is 499 g/mol. The van der Waals surface area contributed by atoms with Crippen LogP contribution in [0.15, 0.2) is 54.7 Å². The third-order valence-electron chi connectivity index (χ3n) is 7.31. The molecule has 1 atom stereocenters. The summed E-state index contributed by atoms with van der Waals surface area (Å²) in [6.45, 7) is 6.90. The van der Waals surface area contributed by atoms with Crippen molar-refractivity contribution in [1.29, 1.82) is 0 Å². The van der Waals surface area contributed by atoms with Gasteiger partial charge in [-0.3, -0.25) is 14.5 Å². The van der Waals surface area contributed by atoms with Crippen molar-refractivity contribution in [3.8, 4) is 11.4 Å². The highest BCUT2D eigenvalue weighted by Gasteiger charge is 2.30. The Labute approximate surface area is 218 Å². The van der Waals surface area contributed by atoms with Gasteiger partial charge >= 0.3 is 0 Å². The molecule has 2 aliphatic heterocycles. The van der Waals surface area contributed by atoms with E-state index in [4.69, 9.17) is 9.72 Å². The van der Waals surface area contributed by atoms with E-state index in [0.29, 0.717) is 48.6 Å². The van der Waals surface area contributed by atoms with E-state index >= 15 is 0 Å². The van der Waals surface area contributed by atoms with Gasteiger partial charge in [-0.05, 0) is 47.9 Å². The largest absolute Gasteiger partial charge is 0.384 e. The molecule has 0 saturated carbocycles. The number of methoxy groups -OCH3 is 1. The minimum Gasteiger partial charge on any atom is -0.384 e. The Balaban J connectivity index is 1.33. The molecule has 2 aliphatic rings. The van der Waals surface area contributed by atoms with Crippen molar-refractivity contribution >= 4 is 17.6 Å². The second-order valence-corrected chi connectivity index (χ2v) is 10.4. The van der Waals surface area contributed by atoms with E-state index in [-0.39, 0.29) is 11.8 Å². The van der Waals surface area contributed by atoms with Crippen LogP contribution in [0.2, 0.25) is 0 Å². The lowest BCUT2D eigenvalue weighted by molar-refractivity contribution is -0.117. The van der Waals surface area contributed by atoms with Crippen molar-refractivity contribution in [1.82, 2.24) is 14.9 Å². The van der Waals surface area contributed by atoms with Crippen molar-refractivity contribution in [3.63, 3.8) is 0 Å². The highest BCUT2D eigenvalue weighted by atomic mass is 16.5. The van der Waals surface area contributed by atoms with Crippen molar-refractivity contribution in [3.05, 3.63) is 77.0 Å². The highest BCUT2D eigenvalue weighted by molar-refractivity contribution is 6.00. The fourth-order valence-electron chi connectivity index (χ4n) is 5.37. The lowest BCUT2D eigenvalue weighted by Crippen LogP contribution is -2.41. The Hall–Kier alpha value is -3.58. The molecule has 2 aromatic carbocycles. The SMILES string of the molecule is COCC1CCCN(C(=O)c2ccc(CN3C(=O)Cc4cnc(-c5ccccc5C(C)C)nc43)cc2)C1. The summed E-state index contributed by atoms with van der Waals surface area (Å²) in [5.74, 6) is 2.10. The van der Waals surface area contributed by atoms with Gasteiger partial charge in [-0.1, -0.05) is 50.2 Å². The monoisotopic (exact) mass is 498 g/mol. The van der Waals surface area contributed by atoms with Crippen LogP contribution in [-0.2, 0) is 22.5 Å². The molecule has 3 aromatic rings. The Bertz CT molecular complexity index is 1290. The van der Waals surface area contributed by atoms with E-state index in [1.807, 2.05) is 47.4 Å². The van der Waals surface area contributed by atoms with Crippen LogP contribution in [0, 0.1) is 5.92 Å². The maximum atomic E-state index is 13.1. The fourth-order valence-corrected chi connectivity index (χ4v) is 5.37. The zero-order valence-electron chi connectivity index (χ0n) is 21.8. The third-order valence-corrected chi connectivity index (χ3v) is 7.31. The van der Waals surface area contributed by atoms with Crippen LogP contribution in [0.3, 0.4) is 0 Å². The molecule has 0 N–H and O–H groups in total. The van der Waals surface area contributed by atoms with Gasteiger partial charge in [-0.15, -0.1) is 0 Å². The molecule has 7 nitrogen and oxygen atoms in total. The molecular weight excluding hydrogens is 464 g/mol. The summed E-state index contributed by atoms with van der Waals surface area (Å²) in [5.41, 5.74) is 4.65. The van der Waals surface area contributed by atoms with Crippen LogP contribution in [0.4, 0.5) is 5.82 Å². The lowest BCUT2D eigenvalue weighted by atomic mass is 9.97. The zero-order valence-corrected chi connectivity index (χ0v) is 21.8. The molecule has 0 spiro atoms. The van der Waals surface area contributed by atoms with Crippen molar-refractivity contribution < 1.29 is 14.3 Å². The number of ether oxygens (including phenoxy) is 1. The second kappa shape index (κ2) is 10.8. The van der Waals surface area contributed by atoms with Crippen molar-refractivity contribution in [2.45, 2.75) is 45.6 Å². The summed E-state index contributed by atoms with van der Waals surface area (Å²) in [4.78, 5) is 39.1. The Morgan fingerprint density at radius 3 is 2.68 bits per heavy atom. The highest BCUT2D eigenvalue weighted by Crippen LogP contribution is 2.32. The number of amides is 2. The summed E-state index contributed by atoms with van der Waals surface area (Å²) < 4.78 is 5.30. The number of hydrogen-bond acceptors (Lipinski definition) is 5. The van der Waals surface area contributed by atoms with E-state index in [2.05, 4.69) is 24.9 Å². The van der Waals surface area contributed by atoms with Crippen LogP contribution in [0.1, 0.15) is 59.7 Å². The molecule has 5 rings (SSSR count). The van der Waals surface area contributed by atoms with Gasteiger partial charge in [-0.25, -0.2) is 9.97 Å². The summed E-state index contributed by atoms with van der Waals surface area (Å²) in [6.07, 6.45) is 4.18. The van der Waals surface area contributed by atoms with E-state index in [9.17, 15) is 9.59 Å². The van der Waals surface area contributed by atoms with E-state index < -0.39 is 0 Å². The number of carbonyl (C=O) groups is 2. The summed E-state index contributed by atoms with van der Waals surface area (Å²) in [5, 5.41) is 0. The van der Waals surface area contributed by atoms with E-state index in [1.54, 1.807) is 18.2 Å². The summed E-state index contributed by atoms with van der Waals surface area (Å²) in [6, 6.07) is 15.8. The first-order valence-electron chi connectivity index (χ1n) is 13.1. The first-order chi connectivity index (χ1) is 17.9. The molecule has 0 radical (unpaired) electrons. The van der Waals surface area contributed by atoms with Gasteiger partial charge in [0.15, 0.2) is 5.82 Å². The van der Waals surface area contributed by atoms with Gasteiger partial charge in [0, 0.05) is 43.1 Å². The standard InChI is InChI=1S/C30H34N4O3/c1-20(2)25-8-4-5-9-26(25)28-31-16-24-15-27(35)34(29(24)32-28)18-21-10-12-23(13-11-21)30(36)33-14-6-7-22(17-33)19-37-3/h4-5,8-13,16,20,22H,6-7,14-15,17-19H2,1-3H3. The number of hydrogen-bond donors (Lipinski definition) is 0. The summed E-state index contributed by atoms with van der Waals surface area (Å²) in [7, 11) is 1.71. The quantitative estimate of drug-likeness (QED) is 0.465. The normalized spacial score (nSPS) is 17.4. The summed E-state index contributed by atoms with van der Waals surface area (Å²) >= 11 is 0. The topological polar surface area (TPSA) is 75.6 Å². The number of rotatable bonds is 7. The first-order valence-corrected chi connectivity index (χ1v) is 13.1. The Morgan fingerprint density at radius 1 is 1.14 bits per heavy atom. The molecule has 1 saturated heterocycles. The van der Waals surface area contributed by atoms with E-state index in [1.165, 1.54) is 5.56 Å². The molecule has 2 amide bonds. The number of benzene rings is 2. The predicted octanol–water partition coefficient (Wildman–Crippen LogP) is 4.85. The lowest BCUT2D eigenvalue weighted by Gasteiger charge is -2.32. The number of carbonyl (C=O) groups excluding carboxylic acids is 2. The maximum Gasteiger partial charge on any atom is 0.253 e. The van der Waals surface area contributed by atoms with Gasteiger partial charge < -0.3 is 9.64 Å². The molecule has 7 heteroatoms. The van der Waals surface area contributed by atoms with Gasteiger partial charge in [0.05, 0.1) is 19.6 Å². The molecule has 3 heterocycles. The molecule has 1 fully saturated rings. The zero-order chi connectivity index (χ0) is 25.9. The van der Waals surface area contributed by atoms with Crippen LogP contribution >= 0.6 is 0 Å². The van der Waals surface area contributed by atoms with Crippen LogP contribution in [0.25, 0.3) is 11.4 Å². The number of likely N-dealkylation sites (tertiary alicyclic amines) is 1. The van der Waals surface area contributed by atoms with Gasteiger partial charge in [0.25, 0.3) is 5.91 Å². The van der Waals surface area contributed by atoms with Crippen molar-refractivity contribution in [2.75, 3.05) is 31.7 Å². The number of fused-ring (bicyclic) bond motifs is 1. The molecule has 0 aliphatic carbocycles. The smallest absolute Gasteiger partial charge is 0.253 e. The third kappa shape index (κ3) is 5.27. The van der Waals surface area contributed by atoms with Gasteiger partial charge in [0.2, 0.25) is 5.91 Å². The van der Waals surface area contributed by atoms with Crippen LogP contribution in [-0.4, -0.2) is 53.5 Å². The molecular formula is C30H34N4O3. The van der Waals surface area contributed by atoms with Crippen LogP contribution < -0.4 is 4.90 Å². The molecule has 0 bridgehead atoms. The Kier molecular flexibility index (Phi) is 7.33. The van der Waals surface area contributed by atoms with Crippen LogP contribution in [0.5, 0.6) is 0 Å². The minimum atomic E-state index is 0.0104. The van der Waals surface area contributed by atoms with Gasteiger partial charge in [0.1, 0.15) is 5.82 Å². The predicted molar refractivity (Wildman–Crippen MR) is 143 cm³/mol. The number of nitrogens with zero attached hydrogens (tertiary/aromatic N) is 4. The number of anilines is 1. The minimum absolute atomic E-state index is 0.0104. The molecule has 1 aromatic heterocycles. The number of piperidine rings is 1. The van der Waals surface area contributed by atoms with Crippen molar-refractivity contribution in [2.24, 2.45) is 5.92 Å². The molecule has 192 valence electrons. The average Bonchev–Trinajstić information content (AvgIpc) is 3.23. The Morgan fingerprint density at radius 2 is 1.92 bits per heavy atom. The fraction of sp³-hybridized carbons (Fsp3) is 0.400. The molecule has 37 heavy (non-hydrogen) atoms. The maximum absolute atomic E-state index is 13.1. The molecule has 1 unspecified atom stereocenters.